The Morgan fingerprint density at radius 1 is 1.14 bits per heavy atom. The number of rotatable bonds is 6. The lowest BCUT2D eigenvalue weighted by Crippen LogP contribution is -2.33. The standard InChI is InChI=1S/C12H26N2/c1-4-6-14(7-5-2)10-12-9-13-8-11(12)3/h11-13H,4-10H2,1-3H3/t11-,12+/m1/s1. The van der Waals surface area contributed by atoms with E-state index in [0.29, 0.717) is 0 Å². The fourth-order valence-electron chi connectivity index (χ4n) is 2.37. The molecule has 84 valence electrons. The fraction of sp³-hybridized carbons (Fsp3) is 1.00. The van der Waals surface area contributed by atoms with E-state index in [1.807, 2.05) is 0 Å². The molecule has 2 nitrogen and oxygen atoms in total. The van der Waals surface area contributed by atoms with Crippen molar-refractivity contribution in [3.63, 3.8) is 0 Å². The van der Waals surface area contributed by atoms with Gasteiger partial charge in [-0.1, -0.05) is 20.8 Å². The van der Waals surface area contributed by atoms with Gasteiger partial charge in [-0.15, -0.1) is 0 Å². The van der Waals surface area contributed by atoms with Gasteiger partial charge in [-0.25, -0.2) is 0 Å². The van der Waals surface area contributed by atoms with Crippen LogP contribution in [-0.4, -0.2) is 37.6 Å². The topological polar surface area (TPSA) is 15.3 Å². The minimum Gasteiger partial charge on any atom is -0.316 e. The normalized spacial score (nSPS) is 27.4. The van der Waals surface area contributed by atoms with Gasteiger partial charge in [0.05, 0.1) is 0 Å². The second-order valence-electron chi connectivity index (χ2n) is 4.70. The lowest BCUT2D eigenvalue weighted by molar-refractivity contribution is 0.218. The van der Waals surface area contributed by atoms with Crippen molar-refractivity contribution in [1.82, 2.24) is 10.2 Å². The molecule has 0 aromatic heterocycles. The Hall–Kier alpha value is -0.0800. The predicted molar refractivity (Wildman–Crippen MR) is 62.5 cm³/mol. The number of hydrogen-bond donors (Lipinski definition) is 1. The number of nitrogens with zero attached hydrogens (tertiary/aromatic N) is 1. The summed E-state index contributed by atoms with van der Waals surface area (Å²) in [4.78, 5) is 2.63. The van der Waals surface area contributed by atoms with E-state index in [9.17, 15) is 0 Å². The third-order valence-corrected chi connectivity index (χ3v) is 3.25. The highest BCUT2D eigenvalue weighted by Gasteiger charge is 2.24. The highest BCUT2D eigenvalue weighted by Crippen LogP contribution is 2.17. The molecule has 1 heterocycles. The van der Waals surface area contributed by atoms with Crippen molar-refractivity contribution < 1.29 is 0 Å². The van der Waals surface area contributed by atoms with Gasteiger partial charge in [0.1, 0.15) is 0 Å². The average molecular weight is 198 g/mol. The van der Waals surface area contributed by atoms with Crippen molar-refractivity contribution in [3.8, 4) is 0 Å². The van der Waals surface area contributed by atoms with Gasteiger partial charge in [-0.2, -0.15) is 0 Å². The maximum Gasteiger partial charge on any atom is 0.00248 e. The first-order valence-corrected chi connectivity index (χ1v) is 6.21. The van der Waals surface area contributed by atoms with Crippen molar-refractivity contribution in [2.45, 2.75) is 33.6 Å². The molecule has 1 fully saturated rings. The molecule has 1 aliphatic heterocycles. The molecule has 0 aliphatic carbocycles. The third kappa shape index (κ3) is 3.58. The van der Waals surface area contributed by atoms with Crippen LogP contribution in [0.4, 0.5) is 0 Å². The van der Waals surface area contributed by atoms with E-state index in [4.69, 9.17) is 0 Å². The summed E-state index contributed by atoms with van der Waals surface area (Å²) in [7, 11) is 0. The number of nitrogens with one attached hydrogen (secondary N) is 1. The molecule has 1 N–H and O–H groups in total. The van der Waals surface area contributed by atoms with Crippen molar-refractivity contribution in [1.29, 1.82) is 0 Å². The van der Waals surface area contributed by atoms with Gasteiger partial charge in [0.2, 0.25) is 0 Å². The van der Waals surface area contributed by atoms with Gasteiger partial charge in [-0.05, 0) is 50.9 Å². The first kappa shape index (κ1) is 12.0. The Balaban J connectivity index is 2.29. The molecule has 0 amide bonds. The summed E-state index contributed by atoms with van der Waals surface area (Å²) in [5.41, 5.74) is 0. The molecule has 0 saturated carbocycles. The summed E-state index contributed by atoms with van der Waals surface area (Å²) in [5.74, 6) is 1.75. The average Bonchev–Trinajstić information content (AvgIpc) is 2.53. The second kappa shape index (κ2) is 6.41. The lowest BCUT2D eigenvalue weighted by atomic mass is 9.97. The summed E-state index contributed by atoms with van der Waals surface area (Å²) in [6.45, 7) is 13.2. The molecule has 0 aromatic rings. The van der Waals surface area contributed by atoms with Gasteiger partial charge in [0.25, 0.3) is 0 Å². The molecule has 0 radical (unpaired) electrons. The zero-order valence-corrected chi connectivity index (χ0v) is 10.1. The molecule has 1 saturated heterocycles. The van der Waals surface area contributed by atoms with Crippen molar-refractivity contribution in [2.75, 3.05) is 32.7 Å². The Labute approximate surface area is 89.1 Å². The van der Waals surface area contributed by atoms with E-state index >= 15 is 0 Å². The summed E-state index contributed by atoms with van der Waals surface area (Å²) in [5, 5.41) is 3.49. The maximum atomic E-state index is 3.49. The van der Waals surface area contributed by atoms with E-state index in [0.717, 1.165) is 11.8 Å². The molecule has 0 spiro atoms. The van der Waals surface area contributed by atoms with Crippen LogP contribution in [0.1, 0.15) is 33.6 Å². The monoisotopic (exact) mass is 198 g/mol. The fourth-order valence-corrected chi connectivity index (χ4v) is 2.37. The molecule has 2 heteroatoms. The van der Waals surface area contributed by atoms with Crippen LogP contribution in [0.15, 0.2) is 0 Å². The van der Waals surface area contributed by atoms with Crippen molar-refractivity contribution in [3.05, 3.63) is 0 Å². The van der Waals surface area contributed by atoms with E-state index in [-0.39, 0.29) is 0 Å². The summed E-state index contributed by atoms with van der Waals surface area (Å²) >= 11 is 0. The Morgan fingerprint density at radius 3 is 2.21 bits per heavy atom. The molecule has 1 aliphatic rings. The molecule has 14 heavy (non-hydrogen) atoms. The minimum absolute atomic E-state index is 0.867. The maximum absolute atomic E-state index is 3.49. The summed E-state index contributed by atoms with van der Waals surface area (Å²) in [6.07, 6.45) is 2.57. The lowest BCUT2D eigenvalue weighted by Gasteiger charge is -2.26. The van der Waals surface area contributed by atoms with E-state index in [1.54, 1.807) is 0 Å². The van der Waals surface area contributed by atoms with Gasteiger partial charge >= 0.3 is 0 Å². The smallest absolute Gasteiger partial charge is 0.00248 e. The SMILES string of the molecule is CCCN(CCC)C[C@@H]1CNC[C@H]1C. The third-order valence-electron chi connectivity index (χ3n) is 3.25. The predicted octanol–water partition coefficient (Wildman–Crippen LogP) is 1.96. The largest absolute Gasteiger partial charge is 0.316 e. The van der Waals surface area contributed by atoms with Gasteiger partial charge in [0, 0.05) is 6.54 Å². The van der Waals surface area contributed by atoms with Crippen LogP contribution in [0.3, 0.4) is 0 Å². The molecule has 0 aromatic carbocycles. The van der Waals surface area contributed by atoms with Gasteiger partial charge in [-0.3, -0.25) is 0 Å². The Morgan fingerprint density at radius 2 is 1.79 bits per heavy atom. The van der Waals surface area contributed by atoms with Crippen LogP contribution in [0.25, 0.3) is 0 Å². The van der Waals surface area contributed by atoms with Crippen molar-refractivity contribution >= 4 is 0 Å². The van der Waals surface area contributed by atoms with Crippen LogP contribution < -0.4 is 5.32 Å². The van der Waals surface area contributed by atoms with Crippen LogP contribution in [0.5, 0.6) is 0 Å². The number of hydrogen-bond acceptors (Lipinski definition) is 2. The highest BCUT2D eigenvalue weighted by molar-refractivity contribution is 4.80. The second-order valence-corrected chi connectivity index (χ2v) is 4.70. The van der Waals surface area contributed by atoms with Gasteiger partial charge < -0.3 is 10.2 Å². The zero-order chi connectivity index (χ0) is 10.4. The molecular weight excluding hydrogens is 172 g/mol. The molecular formula is C12H26N2. The molecule has 1 rings (SSSR count). The Kier molecular flexibility index (Phi) is 5.49. The van der Waals surface area contributed by atoms with Crippen LogP contribution in [-0.2, 0) is 0 Å². The summed E-state index contributed by atoms with van der Waals surface area (Å²) in [6, 6.07) is 0. The minimum atomic E-state index is 0.867. The Bertz CT molecular complexity index is 141. The van der Waals surface area contributed by atoms with Crippen molar-refractivity contribution in [2.24, 2.45) is 11.8 Å². The molecule has 0 unspecified atom stereocenters. The van der Waals surface area contributed by atoms with Crippen LogP contribution >= 0.6 is 0 Å². The quantitative estimate of drug-likeness (QED) is 0.702. The van der Waals surface area contributed by atoms with E-state index < -0.39 is 0 Å². The van der Waals surface area contributed by atoms with E-state index in [2.05, 4.69) is 31.0 Å². The van der Waals surface area contributed by atoms with Crippen LogP contribution in [0, 0.1) is 11.8 Å². The first-order valence-electron chi connectivity index (χ1n) is 6.21. The molecule has 2 atom stereocenters. The highest BCUT2D eigenvalue weighted by atomic mass is 15.1. The zero-order valence-electron chi connectivity index (χ0n) is 10.1. The van der Waals surface area contributed by atoms with E-state index in [1.165, 1.54) is 45.6 Å². The van der Waals surface area contributed by atoms with Crippen LogP contribution in [0.2, 0.25) is 0 Å². The first-order chi connectivity index (χ1) is 6.77. The van der Waals surface area contributed by atoms with Gasteiger partial charge in [0.15, 0.2) is 0 Å². The molecule has 0 bridgehead atoms. The summed E-state index contributed by atoms with van der Waals surface area (Å²) < 4.78 is 0.